The summed E-state index contributed by atoms with van der Waals surface area (Å²) in [5.74, 6) is 1.18. The molecular weight excluding hydrogens is 423 g/mol. The summed E-state index contributed by atoms with van der Waals surface area (Å²) in [6.07, 6.45) is 6.10. The van der Waals surface area contributed by atoms with Crippen LogP contribution in [0.15, 0.2) is 64.7 Å². The van der Waals surface area contributed by atoms with Crippen molar-refractivity contribution >= 4 is 41.2 Å². The van der Waals surface area contributed by atoms with Gasteiger partial charge in [-0.05, 0) is 112 Å². The van der Waals surface area contributed by atoms with E-state index in [1.165, 1.54) is 11.6 Å². The van der Waals surface area contributed by atoms with Crippen LogP contribution in [0.25, 0.3) is 5.57 Å². The minimum absolute atomic E-state index is 0.0468. The van der Waals surface area contributed by atoms with Crippen molar-refractivity contribution in [2.24, 2.45) is 22.7 Å². The van der Waals surface area contributed by atoms with Crippen molar-refractivity contribution < 1.29 is 9.18 Å². The van der Waals surface area contributed by atoms with Gasteiger partial charge in [0.1, 0.15) is 5.82 Å². The first-order chi connectivity index (χ1) is 15.4. The Balaban J connectivity index is 1.45. The van der Waals surface area contributed by atoms with Crippen molar-refractivity contribution in [1.82, 2.24) is 0 Å². The van der Waals surface area contributed by atoms with Gasteiger partial charge in [0.25, 0.3) is 5.91 Å². The number of halogens is 2. The molecule has 0 heterocycles. The van der Waals surface area contributed by atoms with Crippen LogP contribution < -0.4 is 5.32 Å². The molecular formula is C27H28ClFN2O. The Morgan fingerprint density at radius 1 is 1.16 bits per heavy atom. The van der Waals surface area contributed by atoms with Crippen LogP contribution in [-0.2, 0) is 4.79 Å². The highest BCUT2D eigenvalue weighted by molar-refractivity contribution is 6.30. The minimum Gasteiger partial charge on any atom is -0.322 e. The number of nitrogens with zero attached hydrogens (tertiary/aromatic N) is 1. The molecule has 0 radical (unpaired) electrons. The third kappa shape index (κ3) is 4.56. The Kier molecular flexibility index (Phi) is 6.61. The number of nitrogens with one attached hydrogen (secondary N) is 1. The summed E-state index contributed by atoms with van der Waals surface area (Å²) in [6, 6.07) is 11.9. The second-order valence-electron chi connectivity index (χ2n) is 8.85. The highest BCUT2D eigenvalue weighted by Gasteiger charge is 2.41. The molecule has 2 aliphatic rings. The van der Waals surface area contributed by atoms with Crippen LogP contribution >= 0.6 is 11.6 Å². The van der Waals surface area contributed by atoms with Crippen LogP contribution in [0.3, 0.4) is 0 Å². The van der Waals surface area contributed by atoms with E-state index >= 15 is 0 Å². The number of allylic oxidation sites excluding steroid dienone is 3. The van der Waals surface area contributed by atoms with E-state index in [1.54, 1.807) is 24.3 Å². The number of hydrogen-bond donors (Lipinski definition) is 1. The lowest BCUT2D eigenvalue weighted by molar-refractivity contribution is -0.112. The van der Waals surface area contributed by atoms with E-state index in [-0.39, 0.29) is 11.7 Å². The summed E-state index contributed by atoms with van der Waals surface area (Å²) >= 11 is 5.92. The number of rotatable bonds is 5. The quantitative estimate of drug-likeness (QED) is 0.369. The summed E-state index contributed by atoms with van der Waals surface area (Å²) in [6.45, 7) is 7.59. The van der Waals surface area contributed by atoms with Gasteiger partial charge in [0, 0.05) is 21.8 Å². The summed E-state index contributed by atoms with van der Waals surface area (Å²) in [5.41, 5.74) is 5.56. The van der Waals surface area contributed by atoms with Crippen molar-refractivity contribution in [3.8, 4) is 0 Å². The van der Waals surface area contributed by atoms with Gasteiger partial charge >= 0.3 is 0 Å². The molecule has 2 fully saturated rings. The zero-order valence-electron chi connectivity index (χ0n) is 18.5. The molecule has 32 heavy (non-hydrogen) atoms. The molecule has 3 atom stereocenters. The first kappa shape index (κ1) is 22.5. The number of aliphatic imine (C=N–C) groups is 1. The van der Waals surface area contributed by atoms with E-state index in [9.17, 15) is 9.18 Å². The molecule has 5 heteroatoms. The highest BCUT2D eigenvalue weighted by Crippen LogP contribution is 2.53. The minimum atomic E-state index is -0.252. The Morgan fingerprint density at radius 3 is 2.41 bits per heavy atom. The predicted octanol–water partition coefficient (Wildman–Crippen LogP) is 7.61. The predicted molar refractivity (Wildman–Crippen MR) is 131 cm³/mol. The summed E-state index contributed by atoms with van der Waals surface area (Å²) in [4.78, 5) is 16.8. The molecule has 166 valence electrons. The Morgan fingerprint density at radius 2 is 1.81 bits per heavy atom. The zero-order chi connectivity index (χ0) is 22.8. The van der Waals surface area contributed by atoms with E-state index in [0.717, 1.165) is 53.8 Å². The average molecular weight is 451 g/mol. The fourth-order valence-electron chi connectivity index (χ4n) is 5.40. The van der Waals surface area contributed by atoms with Crippen LogP contribution in [0, 0.1) is 23.6 Å². The fraction of sp³-hybridized carbons (Fsp3) is 0.333. The number of anilines is 1. The summed E-state index contributed by atoms with van der Waals surface area (Å²) in [5, 5.41) is 3.62. The topological polar surface area (TPSA) is 41.5 Å². The maximum Gasteiger partial charge on any atom is 0.251 e. The standard InChI is InChI=1S/C27H28ClFN2O/c1-4-24(25-15-22(29)7-10-26(25)30-3)20-13-18-11-17(12-19(18)14-20)16(2)27(32)31-23-8-5-21(28)6-9-23/h4-10,15,18-20H,3,11-14H2,1-2H3,(H,31,32)/b17-16?,24-4-/t18-,19+,20?. The lowest BCUT2D eigenvalue weighted by Crippen LogP contribution is -2.14. The molecule has 2 aliphatic carbocycles. The van der Waals surface area contributed by atoms with E-state index in [0.29, 0.717) is 22.8 Å². The normalized spacial score (nSPS) is 24.2. The molecule has 0 aromatic heterocycles. The molecule has 2 aromatic carbocycles. The Bertz CT molecular complexity index is 1090. The fourth-order valence-corrected chi connectivity index (χ4v) is 5.52. The Hall–Kier alpha value is -2.72. The van der Waals surface area contributed by atoms with E-state index in [4.69, 9.17) is 11.6 Å². The lowest BCUT2D eigenvalue weighted by atomic mass is 9.87. The van der Waals surface area contributed by atoms with Crippen LogP contribution in [0.2, 0.25) is 5.02 Å². The first-order valence-corrected chi connectivity index (χ1v) is 11.5. The molecule has 2 saturated carbocycles. The second kappa shape index (κ2) is 9.41. The molecule has 0 spiro atoms. The first-order valence-electron chi connectivity index (χ1n) is 11.1. The monoisotopic (exact) mass is 450 g/mol. The number of carbonyl (C=O) groups is 1. The van der Waals surface area contributed by atoms with Crippen LogP contribution in [0.1, 0.15) is 45.1 Å². The van der Waals surface area contributed by atoms with Gasteiger partial charge in [-0.15, -0.1) is 0 Å². The van der Waals surface area contributed by atoms with Gasteiger partial charge in [-0.3, -0.25) is 9.79 Å². The molecule has 0 saturated heterocycles. The number of fused-ring (bicyclic) bond motifs is 1. The largest absolute Gasteiger partial charge is 0.322 e. The molecule has 3 nitrogen and oxygen atoms in total. The van der Waals surface area contributed by atoms with Crippen LogP contribution in [-0.4, -0.2) is 12.6 Å². The van der Waals surface area contributed by atoms with Gasteiger partial charge in [-0.2, -0.15) is 0 Å². The molecule has 0 bridgehead atoms. The van der Waals surface area contributed by atoms with E-state index in [2.05, 4.69) is 23.1 Å². The van der Waals surface area contributed by atoms with Crippen molar-refractivity contribution in [2.45, 2.75) is 39.5 Å². The van der Waals surface area contributed by atoms with Gasteiger partial charge in [0.15, 0.2) is 0 Å². The number of benzene rings is 2. The maximum absolute atomic E-state index is 13.9. The van der Waals surface area contributed by atoms with Gasteiger partial charge in [-0.1, -0.05) is 23.3 Å². The SMILES string of the molecule is C=Nc1ccc(F)cc1/C(=C\C)C1C[C@H]2CC(=C(C)C(=O)Nc3ccc(Cl)cc3)C[C@H]2C1. The smallest absolute Gasteiger partial charge is 0.251 e. The van der Waals surface area contributed by atoms with Crippen molar-refractivity contribution in [1.29, 1.82) is 0 Å². The molecule has 1 unspecified atom stereocenters. The average Bonchev–Trinajstić information content (AvgIpc) is 3.35. The second-order valence-corrected chi connectivity index (χ2v) is 9.29. The Labute approximate surface area is 194 Å². The highest BCUT2D eigenvalue weighted by atomic mass is 35.5. The van der Waals surface area contributed by atoms with Gasteiger partial charge in [-0.25, -0.2) is 4.39 Å². The van der Waals surface area contributed by atoms with Crippen LogP contribution in [0.5, 0.6) is 0 Å². The number of amides is 1. The van der Waals surface area contributed by atoms with Gasteiger partial charge in [0.2, 0.25) is 0 Å². The molecule has 1 amide bonds. The third-order valence-corrected chi connectivity index (χ3v) is 7.27. The summed E-state index contributed by atoms with van der Waals surface area (Å²) in [7, 11) is 0. The van der Waals surface area contributed by atoms with Gasteiger partial charge in [0.05, 0.1) is 5.69 Å². The van der Waals surface area contributed by atoms with Crippen molar-refractivity contribution in [3.05, 3.63) is 76.1 Å². The van der Waals surface area contributed by atoms with Crippen LogP contribution in [0.4, 0.5) is 15.8 Å². The lowest BCUT2D eigenvalue weighted by Gasteiger charge is -2.19. The molecule has 0 aliphatic heterocycles. The summed E-state index contributed by atoms with van der Waals surface area (Å²) < 4.78 is 13.9. The van der Waals surface area contributed by atoms with Crippen molar-refractivity contribution in [2.75, 3.05) is 5.32 Å². The van der Waals surface area contributed by atoms with Gasteiger partial charge < -0.3 is 5.32 Å². The third-order valence-electron chi connectivity index (χ3n) is 7.02. The number of hydrogen-bond acceptors (Lipinski definition) is 2. The van der Waals surface area contributed by atoms with E-state index < -0.39 is 0 Å². The van der Waals surface area contributed by atoms with Crippen molar-refractivity contribution in [3.63, 3.8) is 0 Å². The zero-order valence-corrected chi connectivity index (χ0v) is 19.3. The molecule has 1 N–H and O–H groups in total. The maximum atomic E-state index is 13.9. The molecule has 4 rings (SSSR count). The molecule has 2 aromatic rings. The van der Waals surface area contributed by atoms with E-state index in [1.807, 2.05) is 26.0 Å². The number of carbonyl (C=O) groups excluding carboxylic acids is 1.